The molecule has 18 heavy (non-hydrogen) atoms. The summed E-state index contributed by atoms with van der Waals surface area (Å²) in [5.74, 6) is -0.0696. The Morgan fingerprint density at radius 1 is 1.50 bits per heavy atom. The van der Waals surface area contributed by atoms with E-state index in [1.54, 1.807) is 7.11 Å². The maximum absolute atomic E-state index is 10.9. The van der Waals surface area contributed by atoms with Crippen molar-refractivity contribution in [2.75, 3.05) is 25.1 Å². The van der Waals surface area contributed by atoms with Crippen LogP contribution in [0, 0.1) is 5.92 Å². The molecule has 0 unspecified atom stereocenters. The van der Waals surface area contributed by atoms with Crippen LogP contribution < -0.4 is 4.90 Å². The number of nitrogens with zero attached hydrogens (tertiary/aromatic N) is 3. The van der Waals surface area contributed by atoms with Crippen LogP contribution in [0.15, 0.2) is 12.4 Å². The number of methoxy groups -OCH3 is 1. The van der Waals surface area contributed by atoms with Gasteiger partial charge in [0.25, 0.3) is 0 Å². The molecule has 1 aromatic rings. The smallest absolute Gasteiger partial charge is 0.306 e. The molecule has 2 heterocycles. The summed E-state index contributed by atoms with van der Waals surface area (Å²) in [6.45, 7) is 1.90. The van der Waals surface area contributed by atoms with Crippen LogP contribution >= 0.6 is 0 Å². The molecule has 0 aliphatic carbocycles. The van der Waals surface area contributed by atoms with Crippen molar-refractivity contribution in [1.29, 1.82) is 0 Å². The molecule has 6 heteroatoms. The molecule has 6 nitrogen and oxygen atoms in total. The van der Waals surface area contributed by atoms with Gasteiger partial charge in [0.15, 0.2) is 0 Å². The summed E-state index contributed by atoms with van der Waals surface area (Å²) in [6, 6.07) is 1.89. The molecule has 98 valence electrons. The minimum absolute atomic E-state index is 0.221. The Hall–Kier alpha value is -1.69. The second kappa shape index (κ2) is 5.77. The van der Waals surface area contributed by atoms with Gasteiger partial charge in [-0.25, -0.2) is 9.97 Å². The number of ether oxygens (including phenoxy) is 1. The van der Waals surface area contributed by atoms with Crippen LogP contribution in [-0.2, 0) is 16.1 Å². The minimum Gasteiger partial charge on any atom is -0.481 e. The van der Waals surface area contributed by atoms with Crippen molar-refractivity contribution < 1.29 is 14.6 Å². The zero-order valence-electron chi connectivity index (χ0n) is 10.4. The summed E-state index contributed by atoms with van der Waals surface area (Å²) < 4.78 is 5.03. The Balaban J connectivity index is 2.00. The molecule has 1 aromatic heterocycles. The number of carbonyl (C=O) groups is 1. The van der Waals surface area contributed by atoms with E-state index in [0.29, 0.717) is 19.4 Å². The van der Waals surface area contributed by atoms with Crippen molar-refractivity contribution in [3.8, 4) is 0 Å². The van der Waals surface area contributed by atoms with Gasteiger partial charge in [0.1, 0.15) is 12.1 Å². The summed E-state index contributed by atoms with van der Waals surface area (Å²) in [6.07, 6.45) is 2.85. The van der Waals surface area contributed by atoms with E-state index in [1.807, 2.05) is 6.07 Å². The maximum atomic E-state index is 10.9. The summed E-state index contributed by atoms with van der Waals surface area (Å²) in [5.41, 5.74) is 0.836. The van der Waals surface area contributed by atoms with E-state index in [4.69, 9.17) is 9.84 Å². The van der Waals surface area contributed by atoms with E-state index in [0.717, 1.165) is 24.6 Å². The predicted molar refractivity (Wildman–Crippen MR) is 65.3 cm³/mol. The number of rotatable bonds is 4. The Kier molecular flexibility index (Phi) is 4.09. The number of aliphatic carboxylic acids is 1. The average molecular weight is 251 g/mol. The third-order valence-corrected chi connectivity index (χ3v) is 3.17. The number of carboxylic acids is 1. The molecule has 2 rings (SSSR count). The molecular formula is C12H17N3O3. The molecule has 1 fully saturated rings. The van der Waals surface area contributed by atoms with E-state index in [2.05, 4.69) is 14.9 Å². The van der Waals surface area contributed by atoms with Crippen LogP contribution in [0.3, 0.4) is 0 Å². The van der Waals surface area contributed by atoms with Crippen LogP contribution in [0.5, 0.6) is 0 Å². The van der Waals surface area contributed by atoms with Crippen LogP contribution in [0.1, 0.15) is 18.5 Å². The lowest BCUT2D eigenvalue weighted by atomic mass is 9.97. The van der Waals surface area contributed by atoms with Gasteiger partial charge in [0.05, 0.1) is 18.2 Å². The van der Waals surface area contributed by atoms with E-state index in [-0.39, 0.29) is 5.92 Å². The zero-order valence-corrected chi connectivity index (χ0v) is 10.4. The fourth-order valence-electron chi connectivity index (χ4n) is 2.14. The monoisotopic (exact) mass is 251 g/mol. The number of aromatic nitrogens is 2. The molecule has 1 saturated heterocycles. The Morgan fingerprint density at radius 3 is 2.83 bits per heavy atom. The largest absolute Gasteiger partial charge is 0.481 e. The van der Waals surface area contributed by atoms with Crippen molar-refractivity contribution in [3.05, 3.63) is 18.1 Å². The van der Waals surface area contributed by atoms with Gasteiger partial charge in [0, 0.05) is 26.3 Å². The molecule has 1 N–H and O–H groups in total. The van der Waals surface area contributed by atoms with E-state index in [9.17, 15) is 4.79 Å². The third kappa shape index (κ3) is 2.95. The first-order valence-corrected chi connectivity index (χ1v) is 5.98. The number of hydrogen-bond donors (Lipinski definition) is 1. The molecular weight excluding hydrogens is 234 g/mol. The highest BCUT2D eigenvalue weighted by atomic mass is 16.5. The van der Waals surface area contributed by atoms with Gasteiger partial charge in [-0.1, -0.05) is 0 Å². The predicted octanol–water partition coefficient (Wildman–Crippen LogP) is 0.924. The quantitative estimate of drug-likeness (QED) is 0.857. The molecule has 1 aliphatic rings. The van der Waals surface area contributed by atoms with E-state index < -0.39 is 5.97 Å². The average Bonchev–Trinajstić information content (AvgIpc) is 2.39. The normalized spacial score (nSPS) is 16.8. The van der Waals surface area contributed by atoms with Gasteiger partial charge in [-0.3, -0.25) is 4.79 Å². The molecule has 0 bridgehead atoms. The van der Waals surface area contributed by atoms with Crippen LogP contribution in [0.2, 0.25) is 0 Å². The second-order valence-corrected chi connectivity index (χ2v) is 4.40. The van der Waals surface area contributed by atoms with E-state index in [1.165, 1.54) is 6.33 Å². The number of piperidine rings is 1. The fraction of sp³-hybridized carbons (Fsp3) is 0.583. The summed E-state index contributed by atoms with van der Waals surface area (Å²) in [7, 11) is 1.63. The summed E-state index contributed by atoms with van der Waals surface area (Å²) in [5, 5.41) is 8.95. The van der Waals surface area contributed by atoms with Gasteiger partial charge in [-0.15, -0.1) is 0 Å². The molecule has 0 saturated carbocycles. The SMILES string of the molecule is COCc1cc(N2CCC(C(=O)O)CC2)ncn1. The van der Waals surface area contributed by atoms with Crippen molar-refractivity contribution in [3.63, 3.8) is 0 Å². The molecule has 0 spiro atoms. The van der Waals surface area contributed by atoms with Crippen LogP contribution in [0.25, 0.3) is 0 Å². The van der Waals surface area contributed by atoms with Crippen molar-refractivity contribution in [2.24, 2.45) is 5.92 Å². The number of carboxylic acid groups (broad SMARTS) is 1. The van der Waals surface area contributed by atoms with Crippen molar-refractivity contribution in [2.45, 2.75) is 19.4 Å². The minimum atomic E-state index is -0.697. The molecule has 0 amide bonds. The van der Waals surface area contributed by atoms with Crippen LogP contribution in [0.4, 0.5) is 5.82 Å². The lowest BCUT2D eigenvalue weighted by Gasteiger charge is -2.31. The standard InChI is InChI=1S/C12H17N3O3/c1-18-7-10-6-11(14-8-13-10)15-4-2-9(3-5-15)12(16)17/h6,8-9H,2-5,7H2,1H3,(H,16,17). The topological polar surface area (TPSA) is 75.5 Å². The highest BCUT2D eigenvalue weighted by Crippen LogP contribution is 2.22. The first-order chi connectivity index (χ1) is 8.70. The Bertz CT molecular complexity index is 417. The molecule has 1 aliphatic heterocycles. The van der Waals surface area contributed by atoms with E-state index >= 15 is 0 Å². The Morgan fingerprint density at radius 2 is 2.22 bits per heavy atom. The first-order valence-electron chi connectivity index (χ1n) is 5.98. The van der Waals surface area contributed by atoms with Gasteiger partial charge in [0.2, 0.25) is 0 Å². The highest BCUT2D eigenvalue weighted by Gasteiger charge is 2.25. The van der Waals surface area contributed by atoms with Gasteiger partial charge in [-0.05, 0) is 12.8 Å². The van der Waals surface area contributed by atoms with Crippen molar-refractivity contribution in [1.82, 2.24) is 9.97 Å². The van der Waals surface area contributed by atoms with Gasteiger partial charge in [-0.2, -0.15) is 0 Å². The third-order valence-electron chi connectivity index (χ3n) is 3.17. The Labute approximate surface area is 106 Å². The number of hydrogen-bond acceptors (Lipinski definition) is 5. The number of anilines is 1. The van der Waals surface area contributed by atoms with Crippen molar-refractivity contribution >= 4 is 11.8 Å². The first kappa shape index (κ1) is 12.8. The molecule has 0 radical (unpaired) electrons. The highest BCUT2D eigenvalue weighted by molar-refractivity contribution is 5.70. The lowest BCUT2D eigenvalue weighted by Crippen LogP contribution is -2.36. The summed E-state index contributed by atoms with van der Waals surface area (Å²) >= 11 is 0. The van der Waals surface area contributed by atoms with Crippen LogP contribution in [-0.4, -0.2) is 41.2 Å². The fourth-order valence-corrected chi connectivity index (χ4v) is 2.14. The zero-order chi connectivity index (χ0) is 13.0. The molecule has 0 aromatic carbocycles. The lowest BCUT2D eigenvalue weighted by molar-refractivity contribution is -0.142. The van der Waals surface area contributed by atoms with Gasteiger partial charge >= 0.3 is 5.97 Å². The summed E-state index contributed by atoms with van der Waals surface area (Å²) in [4.78, 5) is 21.3. The van der Waals surface area contributed by atoms with Gasteiger partial charge < -0.3 is 14.7 Å². The second-order valence-electron chi connectivity index (χ2n) is 4.40. The molecule has 0 atom stereocenters. The maximum Gasteiger partial charge on any atom is 0.306 e.